The number of ether oxygens (including phenoxy) is 1. The van der Waals surface area contributed by atoms with E-state index in [1.165, 1.54) is 11.8 Å². The van der Waals surface area contributed by atoms with Crippen molar-refractivity contribution in [3.63, 3.8) is 0 Å². The molecule has 7 heteroatoms. The zero-order chi connectivity index (χ0) is 20.8. The van der Waals surface area contributed by atoms with Crippen LogP contribution in [-0.2, 0) is 11.3 Å². The van der Waals surface area contributed by atoms with Crippen LogP contribution in [0.2, 0.25) is 0 Å². The monoisotopic (exact) mass is 415 g/mol. The molecule has 3 aromatic rings. The fourth-order valence-electron chi connectivity index (χ4n) is 2.88. The van der Waals surface area contributed by atoms with Gasteiger partial charge in [-0.25, -0.2) is 4.99 Å². The van der Waals surface area contributed by atoms with Crippen molar-refractivity contribution in [1.29, 1.82) is 5.26 Å². The molecule has 0 unspecified atom stereocenters. The third-order valence-corrected chi connectivity index (χ3v) is 5.27. The van der Waals surface area contributed by atoms with E-state index in [0.29, 0.717) is 21.6 Å². The van der Waals surface area contributed by atoms with Gasteiger partial charge in [0, 0.05) is 5.56 Å². The van der Waals surface area contributed by atoms with E-state index in [4.69, 9.17) is 14.4 Å². The van der Waals surface area contributed by atoms with Crippen molar-refractivity contribution >= 4 is 34.6 Å². The number of carbonyl (C=O) groups is 1. The van der Waals surface area contributed by atoms with Crippen molar-refractivity contribution in [3.8, 4) is 11.8 Å². The van der Waals surface area contributed by atoms with Gasteiger partial charge in [0.25, 0.3) is 5.91 Å². The highest BCUT2D eigenvalue weighted by atomic mass is 32.2. The molecule has 1 aliphatic rings. The highest BCUT2D eigenvalue weighted by Gasteiger charge is 2.34. The normalized spacial score (nSPS) is 16.2. The molecule has 1 aliphatic heterocycles. The van der Waals surface area contributed by atoms with Gasteiger partial charge < -0.3 is 9.15 Å². The molecular formula is C23H17N3O3S. The van der Waals surface area contributed by atoms with Gasteiger partial charge in [-0.3, -0.25) is 9.69 Å². The quantitative estimate of drug-likeness (QED) is 0.530. The van der Waals surface area contributed by atoms with Gasteiger partial charge in [-0.05, 0) is 48.2 Å². The average molecular weight is 415 g/mol. The van der Waals surface area contributed by atoms with E-state index < -0.39 is 0 Å². The van der Waals surface area contributed by atoms with Gasteiger partial charge in [-0.2, -0.15) is 5.26 Å². The molecule has 2 aromatic carbocycles. The maximum Gasteiger partial charge on any atom is 0.267 e. The van der Waals surface area contributed by atoms with E-state index in [-0.39, 0.29) is 19.1 Å². The van der Waals surface area contributed by atoms with Gasteiger partial charge in [0.2, 0.25) is 0 Å². The van der Waals surface area contributed by atoms with Crippen LogP contribution in [0.15, 0.2) is 87.3 Å². The molecule has 6 nitrogen and oxygen atoms in total. The summed E-state index contributed by atoms with van der Waals surface area (Å²) in [5, 5.41) is 9.37. The maximum atomic E-state index is 13.2. The average Bonchev–Trinajstić information content (AvgIpc) is 3.38. The van der Waals surface area contributed by atoms with Crippen LogP contribution in [-0.4, -0.2) is 22.6 Å². The molecule has 1 saturated heterocycles. The Morgan fingerprint density at radius 3 is 2.67 bits per heavy atom. The Hall–Kier alpha value is -3.76. The predicted molar refractivity (Wildman–Crippen MR) is 116 cm³/mol. The van der Waals surface area contributed by atoms with Crippen molar-refractivity contribution in [3.05, 3.63) is 89.2 Å². The van der Waals surface area contributed by atoms with Crippen LogP contribution < -0.4 is 4.74 Å². The summed E-state index contributed by atoms with van der Waals surface area (Å²) >= 11 is 1.30. The van der Waals surface area contributed by atoms with E-state index in [0.717, 1.165) is 11.3 Å². The van der Waals surface area contributed by atoms with E-state index in [1.807, 2.05) is 60.7 Å². The van der Waals surface area contributed by atoms with Gasteiger partial charge in [0.1, 0.15) is 17.6 Å². The van der Waals surface area contributed by atoms with Crippen LogP contribution in [0.1, 0.15) is 11.3 Å². The van der Waals surface area contributed by atoms with Crippen molar-refractivity contribution < 1.29 is 13.9 Å². The lowest BCUT2D eigenvalue weighted by Gasteiger charge is -2.13. The Balaban J connectivity index is 1.69. The standard InChI is InChI=1S/C23H17N3O3S/c24-12-14-29-20-11-5-4-7-17(20)15-21-22(27)26(16-19-10-6-13-28-19)23(30-21)25-18-8-2-1-3-9-18/h1-11,13,15H,14,16H2/b21-15-,25-23?. The predicted octanol–water partition coefficient (Wildman–Crippen LogP) is 4.99. The fraction of sp³-hybridized carbons (Fsp3) is 0.0870. The fourth-order valence-corrected chi connectivity index (χ4v) is 3.87. The molecule has 0 radical (unpaired) electrons. The first kappa shape index (κ1) is 19.6. The molecule has 0 saturated carbocycles. The molecule has 30 heavy (non-hydrogen) atoms. The van der Waals surface area contributed by atoms with Gasteiger partial charge in [0.05, 0.1) is 23.4 Å². The lowest BCUT2D eigenvalue weighted by Crippen LogP contribution is -2.28. The third-order valence-electron chi connectivity index (χ3n) is 4.26. The second kappa shape index (κ2) is 9.16. The Morgan fingerprint density at radius 2 is 1.90 bits per heavy atom. The number of hydrogen-bond acceptors (Lipinski definition) is 6. The van der Waals surface area contributed by atoms with Gasteiger partial charge in [0.15, 0.2) is 11.8 Å². The molecule has 0 aliphatic carbocycles. The largest absolute Gasteiger partial charge is 0.478 e. The number of amides is 1. The number of rotatable bonds is 6. The first-order valence-electron chi connectivity index (χ1n) is 9.21. The highest BCUT2D eigenvalue weighted by Crippen LogP contribution is 2.36. The Morgan fingerprint density at radius 1 is 1.10 bits per heavy atom. The van der Waals surface area contributed by atoms with Crippen molar-refractivity contribution in [1.82, 2.24) is 4.90 Å². The Kier molecular flexibility index (Phi) is 5.97. The van der Waals surface area contributed by atoms with Crippen LogP contribution in [0.25, 0.3) is 6.08 Å². The molecule has 2 heterocycles. The second-order valence-corrected chi connectivity index (χ2v) is 7.30. The lowest BCUT2D eigenvalue weighted by molar-refractivity contribution is -0.122. The molecule has 1 fully saturated rings. The van der Waals surface area contributed by atoms with Gasteiger partial charge in [-0.1, -0.05) is 36.4 Å². The summed E-state index contributed by atoms with van der Waals surface area (Å²) in [6, 6.07) is 22.4. The summed E-state index contributed by atoms with van der Waals surface area (Å²) < 4.78 is 10.9. The van der Waals surface area contributed by atoms with Crippen LogP contribution in [0.3, 0.4) is 0 Å². The molecular weight excluding hydrogens is 398 g/mol. The highest BCUT2D eigenvalue weighted by molar-refractivity contribution is 8.18. The van der Waals surface area contributed by atoms with Crippen molar-refractivity contribution in [2.75, 3.05) is 6.61 Å². The summed E-state index contributed by atoms with van der Waals surface area (Å²) in [5.41, 5.74) is 1.48. The Bertz CT molecular complexity index is 1130. The number of para-hydroxylation sites is 2. The maximum absolute atomic E-state index is 13.2. The summed E-state index contributed by atoms with van der Waals surface area (Å²) in [7, 11) is 0. The van der Waals surface area contributed by atoms with Crippen molar-refractivity contribution in [2.45, 2.75) is 6.54 Å². The summed E-state index contributed by atoms with van der Waals surface area (Å²) in [4.78, 5) is 20.0. The number of benzene rings is 2. The summed E-state index contributed by atoms with van der Waals surface area (Å²) in [6.45, 7) is 0.223. The minimum atomic E-state index is -0.166. The van der Waals surface area contributed by atoms with E-state index in [1.54, 1.807) is 29.4 Å². The minimum Gasteiger partial charge on any atom is -0.478 e. The number of nitriles is 1. The van der Waals surface area contributed by atoms with Crippen molar-refractivity contribution in [2.24, 2.45) is 4.99 Å². The van der Waals surface area contributed by atoms with E-state index in [2.05, 4.69) is 4.99 Å². The van der Waals surface area contributed by atoms with E-state index in [9.17, 15) is 4.79 Å². The smallest absolute Gasteiger partial charge is 0.267 e. The topological polar surface area (TPSA) is 78.8 Å². The molecule has 4 rings (SSSR count). The number of hydrogen-bond donors (Lipinski definition) is 0. The van der Waals surface area contributed by atoms with Gasteiger partial charge >= 0.3 is 0 Å². The molecule has 1 amide bonds. The SMILES string of the molecule is N#CCOc1ccccc1/C=C1\SC(=Nc2ccccc2)N(Cc2ccco2)C1=O. The second-order valence-electron chi connectivity index (χ2n) is 6.30. The van der Waals surface area contributed by atoms with Crippen LogP contribution in [0, 0.1) is 11.3 Å². The summed E-state index contributed by atoms with van der Waals surface area (Å²) in [5.74, 6) is 1.05. The summed E-state index contributed by atoms with van der Waals surface area (Å²) in [6.07, 6.45) is 3.35. The molecule has 0 spiro atoms. The first-order chi connectivity index (χ1) is 14.7. The van der Waals surface area contributed by atoms with Crippen LogP contribution in [0.4, 0.5) is 5.69 Å². The minimum absolute atomic E-state index is 0.0629. The number of aliphatic imine (C=N–C) groups is 1. The number of amidine groups is 1. The number of furan rings is 1. The lowest BCUT2D eigenvalue weighted by atomic mass is 10.2. The zero-order valence-corrected chi connectivity index (χ0v) is 16.7. The molecule has 148 valence electrons. The molecule has 0 bridgehead atoms. The molecule has 0 atom stereocenters. The number of carbonyl (C=O) groups excluding carboxylic acids is 1. The molecule has 0 N–H and O–H groups in total. The zero-order valence-electron chi connectivity index (χ0n) is 15.9. The van der Waals surface area contributed by atoms with E-state index >= 15 is 0 Å². The number of thioether (sulfide) groups is 1. The van der Waals surface area contributed by atoms with Gasteiger partial charge in [-0.15, -0.1) is 0 Å². The third kappa shape index (κ3) is 4.45. The van der Waals surface area contributed by atoms with Crippen LogP contribution >= 0.6 is 11.8 Å². The molecule has 1 aromatic heterocycles. The number of nitrogens with zero attached hydrogens (tertiary/aromatic N) is 3. The Labute approximate surface area is 178 Å². The first-order valence-corrected chi connectivity index (χ1v) is 10.0. The van der Waals surface area contributed by atoms with Crippen LogP contribution in [0.5, 0.6) is 5.75 Å².